The number of benzene rings is 2. The third-order valence-corrected chi connectivity index (χ3v) is 8.24. The minimum atomic E-state index is -1.18. The van der Waals surface area contributed by atoms with Gasteiger partial charge in [-0.2, -0.15) is 0 Å². The second-order valence-corrected chi connectivity index (χ2v) is 12.6. The van der Waals surface area contributed by atoms with Gasteiger partial charge in [0.2, 0.25) is 11.8 Å². The smallest absolute Gasteiger partial charge is 0.347 e. The molecule has 0 saturated heterocycles. The molecule has 0 radical (unpaired) electrons. The summed E-state index contributed by atoms with van der Waals surface area (Å²) in [6.45, 7) is 5.85. The summed E-state index contributed by atoms with van der Waals surface area (Å²) < 4.78 is 16.6. The van der Waals surface area contributed by atoms with Gasteiger partial charge in [-0.15, -0.1) is 0 Å². The second kappa shape index (κ2) is 18.4. The molecule has 3 rings (SSSR count). The molecule has 2 amide bonds. The fraction of sp³-hybridized carbons (Fsp3) is 0.486. The van der Waals surface area contributed by atoms with Crippen molar-refractivity contribution in [2.24, 2.45) is 17.6 Å². The molecule has 0 spiro atoms. The highest BCUT2D eigenvalue weighted by Gasteiger charge is 2.32. The molecule has 5 unspecified atom stereocenters. The number of aliphatic hydroxyl groups excluding tert-OH is 1. The Labute approximate surface area is 281 Å². The zero-order chi connectivity index (χ0) is 34.5. The van der Waals surface area contributed by atoms with E-state index in [1.54, 1.807) is 25.1 Å². The molecule has 47 heavy (non-hydrogen) atoms. The number of esters is 2. The minimum Gasteiger partial charge on any atom is -0.495 e. The van der Waals surface area contributed by atoms with E-state index in [1.807, 2.05) is 38.1 Å². The van der Waals surface area contributed by atoms with Crippen LogP contribution in [0, 0.1) is 11.8 Å². The second-order valence-electron chi connectivity index (χ2n) is 12.1. The maximum Gasteiger partial charge on any atom is 0.347 e. The standard InChI is InChI=1S/C35H46ClN3O8/c1-21(2)16-31-35(44)47-29(22(3)28(40)19-23-8-10-24(20-37)11-9-23)6-5-7-32(41)39-27(34(43)38-15-14-33(42)46-31)18-25-12-13-30(45-4)26(36)17-25/h5,7-13,17,21-22,27-29,31,40H,6,14-16,18-20,37H2,1-4H3,(H,38,43)(H,39,41). The van der Waals surface area contributed by atoms with E-state index in [0.717, 1.165) is 11.1 Å². The average Bonchev–Trinajstić information content (AvgIpc) is 3.03. The summed E-state index contributed by atoms with van der Waals surface area (Å²) in [5.41, 5.74) is 8.22. The van der Waals surface area contributed by atoms with Crippen LogP contribution in [0.1, 0.15) is 56.7 Å². The molecule has 1 aliphatic heterocycles. The Morgan fingerprint density at radius 3 is 2.34 bits per heavy atom. The third kappa shape index (κ3) is 12.0. The maximum atomic E-state index is 13.4. The number of aliphatic hydroxyl groups is 1. The third-order valence-electron chi connectivity index (χ3n) is 7.94. The number of methoxy groups -OCH3 is 1. The molecule has 0 fully saturated rings. The molecule has 12 heteroatoms. The van der Waals surface area contributed by atoms with Crippen molar-refractivity contribution in [3.63, 3.8) is 0 Å². The lowest BCUT2D eigenvalue weighted by Gasteiger charge is -2.29. The van der Waals surface area contributed by atoms with Gasteiger partial charge in [0.25, 0.3) is 0 Å². The molecular weight excluding hydrogens is 626 g/mol. The Hall–Kier alpha value is -3.93. The van der Waals surface area contributed by atoms with Crippen molar-refractivity contribution in [2.75, 3.05) is 13.7 Å². The van der Waals surface area contributed by atoms with Crippen molar-refractivity contribution in [3.8, 4) is 5.75 Å². The highest BCUT2D eigenvalue weighted by atomic mass is 35.5. The Kier molecular flexibility index (Phi) is 14.7. The van der Waals surface area contributed by atoms with Gasteiger partial charge in [0.1, 0.15) is 17.9 Å². The SMILES string of the molecule is COc1ccc(CC2NC(=O)C=CCC(C(C)C(O)Cc3ccc(CN)cc3)OC(=O)C(CC(C)C)OC(=O)CCNC2=O)cc1Cl. The molecule has 0 aromatic heterocycles. The van der Waals surface area contributed by atoms with Crippen molar-refractivity contribution in [2.45, 2.75) is 83.8 Å². The van der Waals surface area contributed by atoms with E-state index < -0.39 is 54.0 Å². The number of hydrogen-bond donors (Lipinski definition) is 4. The van der Waals surface area contributed by atoms with E-state index >= 15 is 0 Å². The van der Waals surface area contributed by atoms with Gasteiger partial charge in [0.05, 0.1) is 24.7 Å². The number of carbonyl (C=O) groups excluding carboxylic acids is 4. The Balaban J connectivity index is 1.86. The molecule has 256 valence electrons. The van der Waals surface area contributed by atoms with E-state index in [9.17, 15) is 24.3 Å². The highest BCUT2D eigenvalue weighted by Crippen LogP contribution is 2.26. The number of carbonyl (C=O) groups is 4. The van der Waals surface area contributed by atoms with Gasteiger partial charge in [-0.1, -0.05) is 68.8 Å². The van der Waals surface area contributed by atoms with Crippen LogP contribution in [0.5, 0.6) is 5.75 Å². The number of halogens is 1. The number of hydrogen-bond acceptors (Lipinski definition) is 9. The van der Waals surface area contributed by atoms with E-state index in [0.29, 0.717) is 29.3 Å². The number of rotatable bonds is 10. The maximum absolute atomic E-state index is 13.4. The van der Waals surface area contributed by atoms with Crippen molar-refractivity contribution in [1.29, 1.82) is 0 Å². The largest absolute Gasteiger partial charge is 0.495 e. The van der Waals surface area contributed by atoms with Crippen LogP contribution >= 0.6 is 11.6 Å². The fourth-order valence-electron chi connectivity index (χ4n) is 5.14. The predicted octanol–water partition coefficient (Wildman–Crippen LogP) is 3.41. The monoisotopic (exact) mass is 671 g/mol. The number of nitrogens with one attached hydrogen (secondary N) is 2. The summed E-state index contributed by atoms with van der Waals surface area (Å²) in [6, 6.07) is 11.6. The molecule has 11 nitrogen and oxygen atoms in total. The first-order chi connectivity index (χ1) is 22.4. The molecule has 5 atom stereocenters. The minimum absolute atomic E-state index is 0.000544. The van der Waals surface area contributed by atoms with Gasteiger partial charge < -0.3 is 35.7 Å². The van der Waals surface area contributed by atoms with Crippen LogP contribution < -0.4 is 21.1 Å². The first kappa shape index (κ1) is 37.5. The van der Waals surface area contributed by atoms with Crippen molar-refractivity contribution in [1.82, 2.24) is 10.6 Å². The van der Waals surface area contributed by atoms with Gasteiger partial charge in [0, 0.05) is 31.8 Å². The Morgan fingerprint density at radius 1 is 1.02 bits per heavy atom. The van der Waals surface area contributed by atoms with Crippen LogP contribution in [-0.2, 0) is 48.0 Å². The first-order valence-electron chi connectivity index (χ1n) is 15.8. The van der Waals surface area contributed by atoms with Crippen LogP contribution in [-0.4, -0.2) is 66.9 Å². The lowest BCUT2D eigenvalue weighted by Crippen LogP contribution is -2.48. The van der Waals surface area contributed by atoms with Crippen LogP contribution in [0.3, 0.4) is 0 Å². The van der Waals surface area contributed by atoms with E-state index in [4.69, 9.17) is 31.5 Å². The zero-order valence-corrected chi connectivity index (χ0v) is 28.1. The fourth-order valence-corrected chi connectivity index (χ4v) is 5.42. The van der Waals surface area contributed by atoms with Crippen LogP contribution in [0.15, 0.2) is 54.6 Å². The van der Waals surface area contributed by atoms with Crippen LogP contribution in [0.25, 0.3) is 0 Å². The number of amides is 2. The van der Waals surface area contributed by atoms with Gasteiger partial charge in [0.15, 0.2) is 6.10 Å². The topological polar surface area (TPSA) is 166 Å². The molecule has 1 aliphatic rings. The summed E-state index contributed by atoms with van der Waals surface area (Å²) in [5, 5.41) is 16.9. The van der Waals surface area contributed by atoms with Crippen molar-refractivity contribution >= 4 is 35.4 Å². The molecule has 0 aliphatic carbocycles. The Morgan fingerprint density at radius 2 is 1.70 bits per heavy atom. The number of ether oxygens (including phenoxy) is 3. The lowest BCUT2D eigenvalue weighted by molar-refractivity contribution is -0.175. The summed E-state index contributed by atoms with van der Waals surface area (Å²) in [4.78, 5) is 52.3. The summed E-state index contributed by atoms with van der Waals surface area (Å²) >= 11 is 6.28. The van der Waals surface area contributed by atoms with Crippen LogP contribution in [0.4, 0.5) is 0 Å². The summed E-state index contributed by atoms with van der Waals surface area (Å²) in [7, 11) is 1.49. The van der Waals surface area contributed by atoms with Crippen molar-refractivity contribution < 1.29 is 38.5 Å². The Bertz CT molecular complexity index is 1400. The predicted molar refractivity (Wildman–Crippen MR) is 177 cm³/mol. The first-order valence-corrected chi connectivity index (χ1v) is 16.2. The van der Waals surface area contributed by atoms with Gasteiger partial charge >= 0.3 is 11.9 Å². The van der Waals surface area contributed by atoms with E-state index in [1.165, 1.54) is 19.3 Å². The van der Waals surface area contributed by atoms with Gasteiger partial charge in [-0.05, 0) is 53.7 Å². The molecule has 0 saturated carbocycles. The van der Waals surface area contributed by atoms with Crippen LogP contribution in [0.2, 0.25) is 5.02 Å². The molecule has 2 aromatic carbocycles. The zero-order valence-electron chi connectivity index (χ0n) is 27.4. The molecule has 5 N–H and O–H groups in total. The molecule has 2 aromatic rings. The van der Waals surface area contributed by atoms with Gasteiger partial charge in [-0.3, -0.25) is 14.4 Å². The number of cyclic esters (lactones) is 2. The number of nitrogens with two attached hydrogens (primary N) is 1. The quantitative estimate of drug-likeness (QED) is 0.277. The van der Waals surface area contributed by atoms with Crippen molar-refractivity contribution in [3.05, 3.63) is 76.3 Å². The molecular formula is C35H46ClN3O8. The highest BCUT2D eigenvalue weighted by molar-refractivity contribution is 6.32. The summed E-state index contributed by atoms with van der Waals surface area (Å²) in [5.74, 6) is -2.58. The normalized spacial score (nSPS) is 21.3. The molecule has 0 bridgehead atoms. The summed E-state index contributed by atoms with van der Waals surface area (Å²) in [6.07, 6.45) is 0.366. The van der Waals surface area contributed by atoms with E-state index in [-0.39, 0.29) is 38.1 Å². The molecule has 1 heterocycles. The lowest BCUT2D eigenvalue weighted by atomic mass is 9.90. The average molecular weight is 672 g/mol. The van der Waals surface area contributed by atoms with E-state index in [2.05, 4.69) is 10.6 Å². The van der Waals surface area contributed by atoms with Gasteiger partial charge in [-0.25, -0.2) is 4.79 Å².